The second kappa shape index (κ2) is 8.60. The highest BCUT2D eigenvalue weighted by Crippen LogP contribution is 2.24. The maximum atomic E-state index is 12.7. The second-order valence-corrected chi connectivity index (χ2v) is 7.42. The summed E-state index contributed by atoms with van der Waals surface area (Å²) in [6, 6.07) is 7.71. The SMILES string of the molecule is CC(C)CN(CCC(=O)O)C(=O)C1CC(c2ccc(Br)cc2)NN1. The number of carboxylic acids is 1. The molecule has 1 aromatic carbocycles. The first-order chi connectivity index (χ1) is 11.4. The first-order valence-corrected chi connectivity index (χ1v) is 8.93. The van der Waals surface area contributed by atoms with Crippen LogP contribution < -0.4 is 10.9 Å². The minimum atomic E-state index is -0.887. The lowest BCUT2D eigenvalue weighted by Gasteiger charge is -2.26. The van der Waals surface area contributed by atoms with Crippen molar-refractivity contribution >= 4 is 27.8 Å². The van der Waals surface area contributed by atoms with E-state index >= 15 is 0 Å². The fourth-order valence-electron chi connectivity index (χ4n) is 2.82. The van der Waals surface area contributed by atoms with E-state index in [1.807, 2.05) is 38.1 Å². The standard InChI is InChI=1S/C17H24BrN3O3/c1-11(2)10-21(8-7-16(22)23)17(24)15-9-14(19-20-15)12-3-5-13(18)6-4-12/h3-6,11,14-15,19-20H,7-10H2,1-2H3,(H,22,23). The molecule has 1 amide bonds. The summed E-state index contributed by atoms with van der Waals surface area (Å²) in [5.41, 5.74) is 7.34. The van der Waals surface area contributed by atoms with Crippen LogP contribution in [0.1, 0.15) is 38.3 Å². The van der Waals surface area contributed by atoms with E-state index < -0.39 is 5.97 Å². The van der Waals surface area contributed by atoms with Crippen LogP contribution in [0.15, 0.2) is 28.7 Å². The average Bonchev–Trinajstić information content (AvgIpc) is 3.01. The van der Waals surface area contributed by atoms with Crippen LogP contribution in [0.25, 0.3) is 0 Å². The molecule has 24 heavy (non-hydrogen) atoms. The molecular formula is C17H24BrN3O3. The van der Waals surface area contributed by atoms with Crippen molar-refractivity contribution in [3.63, 3.8) is 0 Å². The van der Waals surface area contributed by atoms with E-state index in [-0.39, 0.29) is 31.0 Å². The molecule has 6 nitrogen and oxygen atoms in total. The number of carboxylic acid groups (broad SMARTS) is 1. The van der Waals surface area contributed by atoms with Crippen molar-refractivity contribution in [2.75, 3.05) is 13.1 Å². The molecule has 1 aliphatic rings. The van der Waals surface area contributed by atoms with Crippen molar-refractivity contribution in [3.05, 3.63) is 34.3 Å². The Kier molecular flexibility index (Phi) is 6.77. The van der Waals surface area contributed by atoms with Gasteiger partial charge in [-0.2, -0.15) is 0 Å². The number of rotatable bonds is 7. The number of carbonyl (C=O) groups excluding carboxylic acids is 1. The molecule has 0 bridgehead atoms. The zero-order chi connectivity index (χ0) is 17.7. The van der Waals surface area contributed by atoms with Gasteiger partial charge in [0.05, 0.1) is 6.42 Å². The van der Waals surface area contributed by atoms with Gasteiger partial charge in [-0.15, -0.1) is 0 Å². The number of nitrogens with zero attached hydrogens (tertiary/aromatic N) is 1. The number of hydrazine groups is 1. The predicted octanol–water partition coefficient (Wildman–Crippen LogP) is 2.32. The van der Waals surface area contributed by atoms with Crippen molar-refractivity contribution in [2.24, 2.45) is 5.92 Å². The Morgan fingerprint density at radius 1 is 1.29 bits per heavy atom. The Morgan fingerprint density at radius 3 is 2.54 bits per heavy atom. The summed E-state index contributed by atoms with van der Waals surface area (Å²) in [7, 11) is 0. The van der Waals surface area contributed by atoms with Crippen LogP contribution in [-0.4, -0.2) is 41.0 Å². The van der Waals surface area contributed by atoms with Gasteiger partial charge in [-0.1, -0.05) is 41.9 Å². The molecule has 1 aromatic rings. The molecule has 0 aliphatic carbocycles. The number of benzene rings is 1. The molecule has 2 rings (SSSR count). The van der Waals surface area contributed by atoms with E-state index in [1.54, 1.807) is 4.90 Å². The summed E-state index contributed by atoms with van der Waals surface area (Å²) in [5.74, 6) is -0.641. The van der Waals surface area contributed by atoms with E-state index in [1.165, 1.54) is 0 Å². The van der Waals surface area contributed by atoms with Gasteiger partial charge in [0.15, 0.2) is 0 Å². The Balaban J connectivity index is 1.99. The molecule has 1 fully saturated rings. The normalized spacial score (nSPS) is 20.3. The smallest absolute Gasteiger partial charge is 0.305 e. The van der Waals surface area contributed by atoms with Gasteiger partial charge in [0.1, 0.15) is 6.04 Å². The number of aliphatic carboxylic acids is 1. The zero-order valence-corrected chi connectivity index (χ0v) is 15.5. The summed E-state index contributed by atoms with van der Waals surface area (Å²) < 4.78 is 1.02. The van der Waals surface area contributed by atoms with Crippen molar-refractivity contribution < 1.29 is 14.7 Å². The lowest BCUT2D eigenvalue weighted by atomic mass is 10.0. The molecule has 132 valence electrons. The molecule has 0 aromatic heterocycles. The lowest BCUT2D eigenvalue weighted by molar-refractivity contribution is -0.139. The molecule has 1 saturated heterocycles. The van der Waals surface area contributed by atoms with Crippen molar-refractivity contribution in [2.45, 2.75) is 38.8 Å². The van der Waals surface area contributed by atoms with Gasteiger partial charge >= 0.3 is 5.97 Å². The van der Waals surface area contributed by atoms with Gasteiger partial charge in [-0.25, -0.2) is 10.9 Å². The predicted molar refractivity (Wildman–Crippen MR) is 95.2 cm³/mol. The van der Waals surface area contributed by atoms with Gasteiger partial charge in [-0.05, 0) is 30.0 Å². The van der Waals surface area contributed by atoms with E-state index in [2.05, 4.69) is 26.8 Å². The maximum Gasteiger partial charge on any atom is 0.305 e. The molecule has 0 spiro atoms. The molecule has 1 aliphatic heterocycles. The lowest BCUT2D eigenvalue weighted by Crippen LogP contribution is -2.47. The van der Waals surface area contributed by atoms with E-state index in [9.17, 15) is 9.59 Å². The van der Waals surface area contributed by atoms with E-state index in [0.717, 1.165) is 10.0 Å². The summed E-state index contributed by atoms with van der Waals surface area (Å²) in [6.07, 6.45) is 0.608. The fourth-order valence-corrected chi connectivity index (χ4v) is 3.08. The molecule has 1 heterocycles. The number of halogens is 1. The Labute approximate surface area is 150 Å². The quantitative estimate of drug-likeness (QED) is 0.657. The average molecular weight is 398 g/mol. The van der Waals surface area contributed by atoms with Crippen LogP contribution >= 0.6 is 15.9 Å². The van der Waals surface area contributed by atoms with Gasteiger partial charge in [0, 0.05) is 23.6 Å². The molecule has 0 radical (unpaired) electrons. The number of hydrogen-bond acceptors (Lipinski definition) is 4. The third-order valence-corrected chi connectivity index (χ3v) is 4.50. The van der Waals surface area contributed by atoms with E-state index in [0.29, 0.717) is 18.9 Å². The molecule has 2 atom stereocenters. The van der Waals surface area contributed by atoms with Crippen LogP contribution in [0.2, 0.25) is 0 Å². The maximum absolute atomic E-state index is 12.7. The minimum Gasteiger partial charge on any atom is -0.481 e. The number of amides is 1. The van der Waals surface area contributed by atoms with Crippen LogP contribution in [-0.2, 0) is 9.59 Å². The highest BCUT2D eigenvalue weighted by molar-refractivity contribution is 9.10. The molecular weight excluding hydrogens is 374 g/mol. The Morgan fingerprint density at radius 2 is 1.96 bits per heavy atom. The van der Waals surface area contributed by atoms with Gasteiger partial charge in [-0.3, -0.25) is 9.59 Å². The second-order valence-electron chi connectivity index (χ2n) is 6.50. The first-order valence-electron chi connectivity index (χ1n) is 8.14. The summed E-state index contributed by atoms with van der Waals surface area (Å²) in [5, 5.41) is 8.89. The summed E-state index contributed by atoms with van der Waals surface area (Å²) >= 11 is 3.42. The van der Waals surface area contributed by atoms with Crippen LogP contribution in [0.3, 0.4) is 0 Å². The highest BCUT2D eigenvalue weighted by Gasteiger charge is 2.33. The molecule has 7 heteroatoms. The molecule has 0 saturated carbocycles. The Bertz CT molecular complexity index is 577. The van der Waals surface area contributed by atoms with Crippen molar-refractivity contribution in [3.8, 4) is 0 Å². The topological polar surface area (TPSA) is 81.7 Å². The Hall–Kier alpha value is -1.44. The minimum absolute atomic E-state index is 0.0330. The van der Waals surface area contributed by atoms with Crippen LogP contribution in [0.5, 0.6) is 0 Å². The van der Waals surface area contributed by atoms with Crippen LogP contribution in [0.4, 0.5) is 0 Å². The number of hydrogen-bond donors (Lipinski definition) is 3. The summed E-state index contributed by atoms with van der Waals surface area (Å²) in [6.45, 7) is 4.85. The van der Waals surface area contributed by atoms with Gasteiger partial charge < -0.3 is 10.0 Å². The zero-order valence-electron chi connectivity index (χ0n) is 14.0. The van der Waals surface area contributed by atoms with Gasteiger partial charge in [0.25, 0.3) is 0 Å². The van der Waals surface area contributed by atoms with Gasteiger partial charge in [0.2, 0.25) is 5.91 Å². The third-order valence-electron chi connectivity index (χ3n) is 3.97. The fraction of sp³-hybridized carbons (Fsp3) is 0.529. The summed E-state index contributed by atoms with van der Waals surface area (Å²) in [4.78, 5) is 25.2. The first kappa shape index (κ1) is 18.9. The van der Waals surface area contributed by atoms with Crippen LogP contribution in [0, 0.1) is 5.92 Å². The van der Waals surface area contributed by atoms with Crippen molar-refractivity contribution in [1.82, 2.24) is 15.8 Å². The molecule has 2 unspecified atom stereocenters. The number of carbonyl (C=O) groups is 2. The number of nitrogens with one attached hydrogen (secondary N) is 2. The monoisotopic (exact) mass is 397 g/mol. The van der Waals surface area contributed by atoms with Crippen molar-refractivity contribution in [1.29, 1.82) is 0 Å². The third kappa shape index (κ3) is 5.29. The highest BCUT2D eigenvalue weighted by atomic mass is 79.9. The largest absolute Gasteiger partial charge is 0.481 e. The van der Waals surface area contributed by atoms with E-state index in [4.69, 9.17) is 5.11 Å². The molecule has 3 N–H and O–H groups in total.